The lowest BCUT2D eigenvalue weighted by Gasteiger charge is -2.22. The molecule has 0 saturated carbocycles. The van der Waals surface area contributed by atoms with Gasteiger partial charge in [-0.3, -0.25) is 19.8 Å². The molecule has 42 heavy (non-hydrogen) atoms. The maximum atomic E-state index is 12.4. The SMILES string of the molecule is CCCCCCCCCCCCCCCCCC(=O)NN(CC(=O)NCCCCCCCCCCCC)C(=O)CN.Cl. The molecule has 0 fully saturated rings. The Morgan fingerprint density at radius 1 is 0.524 bits per heavy atom. The monoisotopic (exact) mass is 617 g/mol. The molecule has 0 spiro atoms. The van der Waals surface area contributed by atoms with Crippen LogP contribution in [-0.4, -0.2) is 42.4 Å². The Labute approximate surface area is 266 Å². The quantitative estimate of drug-likeness (QED) is 0.0555. The number of hydrogen-bond donors (Lipinski definition) is 3. The van der Waals surface area contributed by atoms with Gasteiger partial charge in [-0.1, -0.05) is 162 Å². The first-order valence-corrected chi connectivity index (χ1v) is 17.6. The number of hydrazine groups is 1. The molecular weight excluding hydrogens is 548 g/mol. The molecule has 0 unspecified atom stereocenters. The minimum Gasteiger partial charge on any atom is -0.354 e. The molecule has 0 aromatic carbocycles. The molecule has 250 valence electrons. The van der Waals surface area contributed by atoms with Crippen LogP contribution in [0.4, 0.5) is 0 Å². The van der Waals surface area contributed by atoms with Gasteiger partial charge in [0.25, 0.3) is 5.91 Å². The third-order valence-corrected chi connectivity index (χ3v) is 7.90. The van der Waals surface area contributed by atoms with Crippen LogP contribution in [0.15, 0.2) is 0 Å². The van der Waals surface area contributed by atoms with Gasteiger partial charge in [-0.15, -0.1) is 12.4 Å². The van der Waals surface area contributed by atoms with Crippen molar-refractivity contribution in [2.45, 2.75) is 181 Å². The Bertz CT molecular complexity index is 622. The van der Waals surface area contributed by atoms with Crippen LogP contribution in [0, 0.1) is 0 Å². The Morgan fingerprint density at radius 2 is 0.881 bits per heavy atom. The van der Waals surface area contributed by atoms with Gasteiger partial charge in [0.1, 0.15) is 6.54 Å². The van der Waals surface area contributed by atoms with E-state index >= 15 is 0 Å². The fourth-order valence-electron chi connectivity index (χ4n) is 5.20. The third-order valence-electron chi connectivity index (χ3n) is 7.90. The van der Waals surface area contributed by atoms with E-state index in [1.165, 1.54) is 128 Å². The van der Waals surface area contributed by atoms with Gasteiger partial charge in [0.05, 0.1) is 6.54 Å². The number of hydrogen-bond acceptors (Lipinski definition) is 4. The number of amides is 3. The van der Waals surface area contributed by atoms with E-state index < -0.39 is 5.91 Å². The Balaban J connectivity index is 0. The molecular formula is C34H69ClN4O3. The Kier molecular flexibility index (Phi) is 34.8. The van der Waals surface area contributed by atoms with Gasteiger partial charge >= 0.3 is 0 Å². The lowest BCUT2D eigenvalue weighted by molar-refractivity contribution is -0.143. The number of unbranched alkanes of at least 4 members (excludes halogenated alkanes) is 23. The molecule has 3 amide bonds. The molecule has 0 aliphatic carbocycles. The van der Waals surface area contributed by atoms with E-state index in [0.29, 0.717) is 13.0 Å². The summed E-state index contributed by atoms with van der Waals surface area (Å²) in [6, 6.07) is 0. The summed E-state index contributed by atoms with van der Waals surface area (Å²) in [5.41, 5.74) is 8.09. The molecule has 4 N–H and O–H groups in total. The van der Waals surface area contributed by atoms with Crippen LogP contribution in [0.5, 0.6) is 0 Å². The van der Waals surface area contributed by atoms with Gasteiger partial charge in [0, 0.05) is 13.0 Å². The van der Waals surface area contributed by atoms with Gasteiger partial charge in [0.2, 0.25) is 11.8 Å². The van der Waals surface area contributed by atoms with Crippen molar-refractivity contribution in [3.05, 3.63) is 0 Å². The van der Waals surface area contributed by atoms with Crippen molar-refractivity contribution in [3.8, 4) is 0 Å². The number of carbonyl (C=O) groups excluding carboxylic acids is 3. The summed E-state index contributed by atoms with van der Waals surface area (Å²) in [5, 5.41) is 3.94. The molecule has 7 nitrogen and oxygen atoms in total. The highest BCUT2D eigenvalue weighted by Crippen LogP contribution is 2.14. The standard InChI is InChI=1S/C34H68N4O3.ClH/c1-3-5-7-9-11-13-15-16-17-18-19-20-22-24-26-28-32(39)37-38(34(41)30-35)31-33(40)36-29-27-25-23-21-14-12-10-8-6-4-2;/h3-31,35H2,1-2H3,(H,36,40)(H,37,39);1H. The summed E-state index contributed by atoms with van der Waals surface area (Å²) < 4.78 is 0. The molecule has 0 atom stereocenters. The molecule has 0 bridgehead atoms. The van der Waals surface area contributed by atoms with Crippen molar-refractivity contribution in [2.24, 2.45) is 5.73 Å². The fraction of sp³-hybridized carbons (Fsp3) is 0.912. The number of nitrogens with zero attached hydrogens (tertiary/aromatic N) is 1. The van der Waals surface area contributed by atoms with Gasteiger partial charge in [0.15, 0.2) is 0 Å². The van der Waals surface area contributed by atoms with Crippen LogP contribution in [0.1, 0.15) is 181 Å². The van der Waals surface area contributed by atoms with Crippen LogP contribution in [0.3, 0.4) is 0 Å². The highest BCUT2D eigenvalue weighted by atomic mass is 35.5. The van der Waals surface area contributed by atoms with Crippen molar-refractivity contribution in [1.29, 1.82) is 0 Å². The molecule has 0 aliphatic heterocycles. The van der Waals surface area contributed by atoms with E-state index in [9.17, 15) is 14.4 Å². The molecule has 0 radical (unpaired) electrons. The van der Waals surface area contributed by atoms with E-state index in [-0.39, 0.29) is 37.3 Å². The predicted octanol–water partition coefficient (Wildman–Crippen LogP) is 8.53. The molecule has 0 aromatic heterocycles. The molecule has 0 heterocycles. The van der Waals surface area contributed by atoms with Gasteiger partial charge in [-0.2, -0.15) is 0 Å². The van der Waals surface area contributed by atoms with Gasteiger partial charge < -0.3 is 11.1 Å². The summed E-state index contributed by atoms with van der Waals surface area (Å²) in [6.45, 7) is 4.66. The minimum absolute atomic E-state index is 0. The summed E-state index contributed by atoms with van der Waals surface area (Å²) in [6.07, 6.45) is 31.9. The first kappa shape index (κ1) is 42.8. The lowest BCUT2D eigenvalue weighted by Crippen LogP contribution is -2.52. The molecule has 0 aromatic rings. The fourth-order valence-corrected chi connectivity index (χ4v) is 5.20. The average Bonchev–Trinajstić information content (AvgIpc) is 2.97. The third kappa shape index (κ3) is 30.1. The summed E-state index contributed by atoms with van der Waals surface area (Å²) in [7, 11) is 0. The van der Waals surface area contributed by atoms with Crippen molar-refractivity contribution >= 4 is 30.1 Å². The number of nitrogens with one attached hydrogen (secondary N) is 2. The lowest BCUT2D eigenvalue weighted by atomic mass is 10.0. The second kappa shape index (κ2) is 34.2. The zero-order valence-electron chi connectivity index (χ0n) is 27.7. The van der Waals surface area contributed by atoms with Gasteiger partial charge in [-0.25, -0.2) is 5.01 Å². The summed E-state index contributed by atoms with van der Waals surface area (Å²) in [4.78, 5) is 36.9. The minimum atomic E-state index is -0.455. The predicted molar refractivity (Wildman–Crippen MR) is 181 cm³/mol. The topological polar surface area (TPSA) is 105 Å². The van der Waals surface area contributed by atoms with E-state index in [0.717, 1.165) is 37.1 Å². The summed E-state index contributed by atoms with van der Waals surface area (Å²) in [5.74, 6) is -0.956. The van der Waals surface area contributed by atoms with Crippen molar-refractivity contribution in [2.75, 3.05) is 19.6 Å². The largest absolute Gasteiger partial charge is 0.354 e. The van der Waals surface area contributed by atoms with E-state index in [1.807, 2.05) is 0 Å². The number of nitrogens with two attached hydrogens (primary N) is 1. The molecule has 0 rings (SSSR count). The maximum absolute atomic E-state index is 12.4. The van der Waals surface area contributed by atoms with Crippen molar-refractivity contribution in [1.82, 2.24) is 15.8 Å². The zero-order chi connectivity index (χ0) is 30.2. The van der Waals surface area contributed by atoms with Crippen LogP contribution in [0.2, 0.25) is 0 Å². The Hall–Kier alpha value is -1.34. The van der Waals surface area contributed by atoms with E-state index in [4.69, 9.17) is 5.73 Å². The van der Waals surface area contributed by atoms with E-state index in [1.54, 1.807) is 0 Å². The average molecular weight is 617 g/mol. The van der Waals surface area contributed by atoms with E-state index in [2.05, 4.69) is 24.6 Å². The summed E-state index contributed by atoms with van der Waals surface area (Å²) >= 11 is 0. The molecule has 0 saturated heterocycles. The van der Waals surface area contributed by atoms with Crippen LogP contribution >= 0.6 is 12.4 Å². The highest BCUT2D eigenvalue weighted by molar-refractivity contribution is 5.88. The number of rotatable bonds is 30. The maximum Gasteiger partial charge on any atom is 0.255 e. The number of carbonyl (C=O) groups is 3. The number of halogens is 1. The smallest absolute Gasteiger partial charge is 0.255 e. The molecule has 0 aliphatic rings. The zero-order valence-corrected chi connectivity index (χ0v) is 28.5. The first-order chi connectivity index (χ1) is 20.0. The van der Waals surface area contributed by atoms with Crippen LogP contribution in [-0.2, 0) is 14.4 Å². The Morgan fingerprint density at radius 3 is 1.26 bits per heavy atom. The van der Waals surface area contributed by atoms with Crippen molar-refractivity contribution < 1.29 is 14.4 Å². The van der Waals surface area contributed by atoms with Gasteiger partial charge in [-0.05, 0) is 12.8 Å². The highest BCUT2D eigenvalue weighted by Gasteiger charge is 2.18. The second-order valence-corrected chi connectivity index (χ2v) is 12.0. The first-order valence-electron chi connectivity index (χ1n) is 17.6. The van der Waals surface area contributed by atoms with Crippen molar-refractivity contribution in [3.63, 3.8) is 0 Å². The molecule has 8 heteroatoms. The normalized spacial score (nSPS) is 10.7. The van der Waals surface area contributed by atoms with Crippen LogP contribution in [0.25, 0.3) is 0 Å². The van der Waals surface area contributed by atoms with Crippen LogP contribution < -0.4 is 16.5 Å². The second-order valence-electron chi connectivity index (χ2n) is 12.0.